The van der Waals surface area contributed by atoms with Crippen LogP contribution in [-0.2, 0) is 10.0 Å². The quantitative estimate of drug-likeness (QED) is 0.912. The van der Waals surface area contributed by atoms with Gasteiger partial charge in [0.2, 0.25) is 10.0 Å². The summed E-state index contributed by atoms with van der Waals surface area (Å²) in [5, 5.41) is 0. The van der Waals surface area contributed by atoms with E-state index in [1.165, 1.54) is 24.3 Å². The van der Waals surface area contributed by atoms with Gasteiger partial charge in [-0.1, -0.05) is 29.8 Å². The van der Waals surface area contributed by atoms with Crippen molar-refractivity contribution in [1.29, 1.82) is 0 Å². The average Bonchev–Trinajstić information content (AvgIpc) is 2.13. The van der Waals surface area contributed by atoms with Gasteiger partial charge in [-0.3, -0.25) is 0 Å². The Morgan fingerprint density at radius 3 is 2.00 bits per heavy atom. The lowest BCUT2D eigenvalue weighted by molar-refractivity contribution is -0.153. The lowest BCUT2D eigenvalue weighted by atomic mass is 10.1. The number of benzene rings is 1. The highest BCUT2D eigenvalue weighted by molar-refractivity contribution is 7.88. The standard InChI is InChI=1S/C10H12F3NO2S/c1-7-3-5-8(6-4-7)9(10(11,12)13)14-17(2,15)16/h3-6,9,14H,1-2H3. The minimum absolute atomic E-state index is 0.131. The summed E-state index contributed by atoms with van der Waals surface area (Å²) < 4.78 is 61.5. The Labute approximate surface area is 97.7 Å². The van der Waals surface area contributed by atoms with Gasteiger partial charge in [0, 0.05) is 0 Å². The first kappa shape index (κ1) is 14.0. The lowest BCUT2D eigenvalue weighted by Crippen LogP contribution is -2.37. The molecular formula is C10H12F3NO2S. The predicted molar refractivity (Wildman–Crippen MR) is 58.0 cm³/mol. The van der Waals surface area contributed by atoms with E-state index in [4.69, 9.17) is 0 Å². The molecule has 96 valence electrons. The summed E-state index contributed by atoms with van der Waals surface area (Å²) in [6, 6.07) is 3.30. The first-order valence-electron chi connectivity index (χ1n) is 4.70. The van der Waals surface area contributed by atoms with E-state index in [9.17, 15) is 21.6 Å². The Kier molecular flexibility index (Phi) is 3.83. The molecule has 0 aliphatic heterocycles. The molecule has 17 heavy (non-hydrogen) atoms. The summed E-state index contributed by atoms with van der Waals surface area (Å²) in [6.45, 7) is 1.73. The highest BCUT2D eigenvalue weighted by atomic mass is 32.2. The number of nitrogens with one attached hydrogen (secondary N) is 1. The van der Waals surface area contributed by atoms with E-state index in [2.05, 4.69) is 0 Å². The molecule has 0 spiro atoms. The van der Waals surface area contributed by atoms with Gasteiger partial charge in [0.25, 0.3) is 0 Å². The van der Waals surface area contributed by atoms with Crippen molar-refractivity contribution < 1.29 is 21.6 Å². The maximum Gasteiger partial charge on any atom is 0.408 e. The zero-order valence-corrected chi connectivity index (χ0v) is 10.1. The van der Waals surface area contributed by atoms with Gasteiger partial charge >= 0.3 is 6.18 Å². The third kappa shape index (κ3) is 4.35. The van der Waals surface area contributed by atoms with Crippen molar-refractivity contribution in [2.75, 3.05) is 6.26 Å². The topological polar surface area (TPSA) is 46.2 Å². The largest absolute Gasteiger partial charge is 0.408 e. The maximum absolute atomic E-state index is 12.7. The molecule has 0 aromatic heterocycles. The third-order valence-electron chi connectivity index (χ3n) is 2.07. The molecule has 0 radical (unpaired) electrons. The number of sulfonamides is 1. The number of hydrogen-bond donors (Lipinski definition) is 1. The molecule has 1 rings (SSSR count). The van der Waals surface area contributed by atoms with E-state index in [-0.39, 0.29) is 5.56 Å². The highest BCUT2D eigenvalue weighted by Crippen LogP contribution is 2.33. The Bertz CT molecular complexity index is 479. The van der Waals surface area contributed by atoms with Crippen LogP contribution in [0.5, 0.6) is 0 Å². The number of rotatable bonds is 3. The van der Waals surface area contributed by atoms with Crippen LogP contribution < -0.4 is 4.72 Å². The monoisotopic (exact) mass is 267 g/mol. The minimum Gasteiger partial charge on any atom is -0.213 e. The van der Waals surface area contributed by atoms with Gasteiger partial charge in [0.05, 0.1) is 6.26 Å². The van der Waals surface area contributed by atoms with Crippen molar-refractivity contribution in [2.45, 2.75) is 19.1 Å². The van der Waals surface area contributed by atoms with Gasteiger partial charge in [-0.05, 0) is 12.5 Å². The molecule has 1 aromatic carbocycles. The van der Waals surface area contributed by atoms with Crippen molar-refractivity contribution in [3.8, 4) is 0 Å². The number of aryl methyl sites for hydroxylation is 1. The molecule has 1 atom stereocenters. The summed E-state index contributed by atoms with van der Waals surface area (Å²) in [5.41, 5.74) is 0.669. The maximum atomic E-state index is 12.7. The summed E-state index contributed by atoms with van der Waals surface area (Å²) in [4.78, 5) is 0. The predicted octanol–water partition coefficient (Wildman–Crippen LogP) is 2.15. The summed E-state index contributed by atoms with van der Waals surface area (Å²) >= 11 is 0. The van der Waals surface area contributed by atoms with Crippen LogP contribution >= 0.6 is 0 Å². The molecule has 0 heterocycles. The van der Waals surface area contributed by atoms with Crippen molar-refractivity contribution in [3.05, 3.63) is 35.4 Å². The van der Waals surface area contributed by atoms with Crippen LogP contribution in [0.4, 0.5) is 13.2 Å². The zero-order chi connectivity index (χ0) is 13.3. The van der Waals surface area contributed by atoms with Gasteiger partial charge in [-0.25, -0.2) is 8.42 Å². The third-order valence-corrected chi connectivity index (χ3v) is 2.73. The molecule has 0 fully saturated rings. The Balaban J connectivity index is 3.12. The van der Waals surface area contributed by atoms with E-state index in [1.54, 1.807) is 11.6 Å². The summed E-state index contributed by atoms with van der Waals surface area (Å²) in [7, 11) is -3.93. The number of halogens is 3. The second kappa shape index (κ2) is 4.66. The van der Waals surface area contributed by atoms with Crippen molar-refractivity contribution in [1.82, 2.24) is 4.72 Å². The molecule has 0 aliphatic rings. The van der Waals surface area contributed by atoms with Crippen molar-refractivity contribution in [3.63, 3.8) is 0 Å². The first-order chi connectivity index (χ1) is 7.59. The van der Waals surface area contributed by atoms with Gasteiger partial charge in [0.15, 0.2) is 0 Å². The van der Waals surface area contributed by atoms with Gasteiger partial charge < -0.3 is 0 Å². The Morgan fingerprint density at radius 2 is 1.65 bits per heavy atom. The Morgan fingerprint density at radius 1 is 1.18 bits per heavy atom. The summed E-state index contributed by atoms with van der Waals surface area (Å²) in [6.07, 6.45) is -3.97. The van der Waals surface area contributed by atoms with Crippen LogP contribution in [0.3, 0.4) is 0 Å². The van der Waals surface area contributed by atoms with E-state index >= 15 is 0 Å². The average molecular weight is 267 g/mol. The van der Waals surface area contributed by atoms with E-state index in [0.717, 1.165) is 5.56 Å². The normalized spacial score (nSPS) is 14.6. The van der Waals surface area contributed by atoms with Crippen LogP contribution in [0.25, 0.3) is 0 Å². The minimum atomic E-state index is -4.67. The fourth-order valence-corrected chi connectivity index (χ4v) is 1.99. The fourth-order valence-electron chi connectivity index (χ4n) is 1.30. The first-order valence-corrected chi connectivity index (χ1v) is 6.59. The number of hydrogen-bond acceptors (Lipinski definition) is 2. The second-order valence-electron chi connectivity index (χ2n) is 3.78. The van der Waals surface area contributed by atoms with E-state index in [0.29, 0.717) is 6.26 Å². The van der Waals surface area contributed by atoms with Crippen LogP contribution in [0.15, 0.2) is 24.3 Å². The molecule has 0 saturated heterocycles. The van der Waals surface area contributed by atoms with Gasteiger partial charge in [-0.2, -0.15) is 17.9 Å². The molecular weight excluding hydrogens is 255 g/mol. The van der Waals surface area contributed by atoms with Crippen molar-refractivity contribution in [2.24, 2.45) is 0 Å². The lowest BCUT2D eigenvalue weighted by Gasteiger charge is -2.21. The molecule has 3 nitrogen and oxygen atoms in total. The SMILES string of the molecule is Cc1ccc(C(NS(C)(=O)=O)C(F)(F)F)cc1. The van der Waals surface area contributed by atoms with Crippen LogP contribution in [0.2, 0.25) is 0 Å². The van der Waals surface area contributed by atoms with Crippen LogP contribution in [0.1, 0.15) is 17.2 Å². The van der Waals surface area contributed by atoms with Crippen molar-refractivity contribution >= 4 is 10.0 Å². The molecule has 1 aromatic rings. The Hall–Kier alpha value is -1.08. The molecule has 7 heteroatoms. The molecule has 1 unspecified atom stereocenters. The molecule has 1 N–H and O–H groups in total. The zero-order valence-electron chi connectivity index (χ0n) is 9.25. The van der Waals surface area contributed by atoms with Crippen LogP contribution in [0, 0.1) is 6.92 Å². The van der Waals surface area contributed by atoms with E-state index < -0.39 is 22.2 Å². The van der Waals surface area contributed by atoms with Gasteiger partial charge in [0.1, 0.15) is 6.04 Å². The van der Waals surface area contributed by atoms with Gasteiger partial charge in [-0.15, -0.1) is 0 Å². The fraction of sp³-hybridized carbons (Fsp3) is 0.400. The summed E-state index contributed by atoms with van der Waals surface area (Å²) in [5.74, 6) is 0. The second-order valence-corrected chi connectivity index (χ2v) is 5.56. The molecule has 0 amide bonds. The molecule has 0 aliphatic carbocycles. The highest BCUT2D eigenvalue weighted by Gasteiger charge is 2.42. The number of alkyl halides is 3. The molecule has 0 bridgehead atoms. The van der Waals surface area contributed by atoms with Crippen LogP contribution in [-0.4, -0.2) is 20.8 Å². The van der Waals surface area contributed by atoms with E-state index in [1.807, 2.05) is 0 Å². The molecule has 0 saturated carbocycles. The smallest absolute Gasteiger partial charge is 0.213 e.